The van der Waals surface area contributed by atoms with Crippen LogP contribution in [0.5, 0.6) is 0 Å². The maximum Gasteiger partial charge on any atom is 0.329 e. The number of aliphatic carboxylic acids is 1. The molecule has 0 rings (SSSR count). The molecule has 0 saturated carbocycles. The van der Waals surface area contributed by atoms with Crippen LogP contribution in [0.4, 0.5) is 0 Å². The van der Waals surface area contributed by atoms with Crippen LogP contribution in [-0.4, -0.2) is 34.0 Å². The van der Waals surface area contributed by atoms with Crippen molar-refractivity contribution in [1.82, 2.24) is 4.90 Å². The van der Waals surface area contributed by atoms with Gasteiger partial charge in [-0.3, -0.25) is 4.79 Å². The first-order valence-corrected chi connectivity index (χ1v) is 6.87. The quantitative estimate of drug-likeness (QED) is 0.727. The van der Waals surface area contributed by atoms with E-state index in [0.717, 1.165) is 12.8 Å². The third-order valence-corrected chi connectivity index (χ3v) is 3.71. The SMILES string of the molecule is CCCN(C(C)=O)C(CC)(CC(C)CC)C(=O)O. The summed E-state index contributed by atoms with van der Waals surface area (Å²) in [6, 6.07) is 0. The molecule has 0 spiro atoms. The zero-order valence-electron chi connectivity index (χ0n) is 12.3. The molecule has 0 aliphatic heterocycles. The van der Waals surface area contributed by atoms with Crippen molar-refractivity contribution in [2.24, 2.45) is 5.92 Å². The lowest BCUT2D eigenvalue weighted by Gasteiger charge is -2.41. The average molecular weight is 257 g/mol. The molecule has 1 N–H and O–H groups in total. The standard InChI is InChI=1S/C14H27NO3/c1-6-9-15(12(5)16)14(8-3,13(17)18)10-11(4)7-2/h11H,6-10H2,1-5H3,(H,17,18). The van der Waals surface area contributed by atoms with Crippen molar-refractivity contribution in [2.75, 3.05) is 6.54 Å². The van der Waals surface area contributed by atoms with Gasteiger partial charge in [-0.25, -0.2) is 4.79 Å². The third-order valence-electron chi connectivity index (χ3n) is 3.71. The lowest BCUT2D eigenvalue weighted by Crippen LogP contribution is -2.57. The second kappa shape index (κ2) is 7.39. The molecular weight excluding hydrogens is 230 g/mol. The second-order valence-electron chi connectivity index (χ2n) is 5.08. The van der Waals surface area contributed by atoms with Gasteiger partial charge in [-0.15, -0.1) is 0 Å². The van der Waals surface area contributed by atoms with Crippen LogP contribution < -0.4 is 0 Å². The minimum atomic E-state index is -1.04. The van der Waals surface area contributed by atoms with Crippen LogP contribution in [0, 0.1) is 5.92 Å². The molecule has 0 bridgehead atoms. The summed E-state index contributed by atoms with van der Waals surface area (Å²) in [5.74, 6) is -0.738. The van der Waals surface area contributed by atoms with Crippen LogP contribution in [0.3, 0.4) is 0 Å². The van der Waals surface area contributed by atoms with Gasteiger partial charge >= 0.3 is 5.97 Å². The molecule has 1 amide bonds. The largest absolute Gasteiger partial charge is 0.479 e. The Morgan fingerprint density at radius 2 is 1.83 bits per heavy atom. The zero-order valence-corrected chi connectivity index (χ0v) is 12.3. The molecular formula is C14H27NO3. The van der Waals surface area contributed by atoms with E-state index in [1.54, 1.807) is 4.90 Å². The van der Waals surface area contributed by atoms with Gasteiger partial charge in [0.25, 0.3) is 0 Å². The number of hydrogen-bond acceptors (Lipinski definition) is 2. The minimum Gasteiger partial charge on any atom is -0.479 e. The lowest BCUT2D eigenvalue weighted by atomic mass is 9.82. The number of rotatable bonds is 8. The molecule has 0 fully saturated rings. The molecule has 0 aromatic carbocycles. The van der Waals surface area contributed by atoms with E-state index in [1.807, 2.05) is 27.7 Å². The van der Waals surface area contributed by atoms with Crippen LogP contribution in [-0.2, 0) is 9.59 Å². The second-order valence-corrected chi connectivity index (χ2v) is 5.08. The molecule has 2 atom stereocenters. The monoisotopic (exact) mass is 257 g/mol. The molecule has 4 heteroatoms. The molecule has 0 aromatic rings. The van der Waals surface area contributed by atoms with Gasteiger partial charge in [0.05, 0.1) is 0 Å². The Morgan fingerprint density at radius 1 is 1.28 bits per heavy atom. The van der Waals surface area contributed by atoms with E-state index in [1.165, 1.54) is 6.92 Å². The van der Waals surface area contributed by atoms with Crippen LogP contribution in [0.2, 0.25) is 0 Å². The van der Waals surface area contributed by atoms with E-state index in [-0.39, 0.29) is 5.91 Å². The maximum atomic E-state index is 11.8. The summed E-state index contributed by atoms with van der Waals surface area (Å²) in [4.78, 5) is 25.1. The van der Waals surface area contributed by atoms with Gasteiger partial charge in [-0.2, -0.15) is 0 Å². The van der Waals surface area contributed by atoms with Crippen molar-refractivity contribution >= 4 is 11.9 Å². The van der Waals surface area contributed by atoms with Crippen molar-refractivity contribution in [2.45, 2.75) is 65.8 Å². The Morgan fingerprint density at radius 3 is 2.11 bits per heavy atom. The average Bonchev–Trinajstić information content (AvgIpc) is 2.32. The smallest absolute Gasteiger partial charge is 0.329 e. The summed E-state index contributed by atoms with van der Waals surface area (Å²) in [6.07, 6.45) is 2.67. The first-order valence-electron chi connectivity index (χ1n) is 6.87. The van der Waals surface area contributed by atoms with Crippen molar-refractivity contribution < 1.29 is 14.7 Å². The molecule has 0 saturated heterocycles. The maximum absolute atomic E-state index is 11.8. The first kappa shape index (κ1) is 16.9. The van der Waals surface area contributed by atoms with Gasteiger partial charge in [0, 0.05) is 13.5 Å². The molecule has 4 nitrogen and oxygen atoms in total. The van der Waals surface area contributed by atoms with Gasteiger partial charge in [0.1, 0.15) is 5.54 Å². The number of carbonyl (C=O) groups excluding carboxylic acids is 1. The summed E-state index contributed by atoms with van der Waals surface area (Å²) in [5, 5.41) is 9.62. The molecule has 2 unspecified atom stereocenters. The Bertz CT molecular complexity index is 291. The van der Waals surface area contributed by atoms with Gasteiger partial charge in [-0.1, -0.05) is 34.1 Å². The van der Waals surface area contributed by atoms with E-state index in [2.05, 4.69) is 0 Å². The van der Waals surface area contributed by atoms with Crippen molar-refractivity contribution in [3.63, 3.8) is 0 Å². The molecule has 0 aromatic heterocycles. The van der Waals surface area contributed by atoms with Crippen molar-refractivity contribution in [3.05, 3.63) is 0 Å². The van der Waals surface area contributed by atoms with E-state index < -0.39 is 11.5 Å². The minimum absolute atomic E-state index is 0.149. The Balaban J connectivity index is 5.39. The highest BCUT2D eigenvalue weighted by molar-refractivity contribution is 5.86. The highest BCUT2D eigenvalue weighted by Crippen LogP contribution is 2.30. The molecule has 106 valence electrons. The van der Waals surface area contributed by atoms with Gasteiger partial charge in [0.2, 0.25) is 5.91 Å². The molecule has 18 heavy (non-hydrogen) atoms. The number of nitrogens with zero attached hydrogens (tertiary/aromatic N) is 1. The van der Waals surface area contributed by atoms with Crippen molar-refractivity contribution in [1.29, 1.82) is 0 Å². The molecule has 0 radical (unpaired) electrons. The van der Waals surface area contributed by atoms with Gasteiger partial charge in [-0.05, 0) is 25.2 Å². The lowest BCUT2D eigenvalue weighted by molar-refractivity contribution is -0.160. The number of carboxylic acids is 1. The third kappa shape index (κ3) is 3.72. The first-order chi connectivity index (χ1) is 8.35. The number of carboxylic acid groups (broad SMARTS) is 1. The van der Waals surface area contributed by atoms with Crippen molar-refractivity contribution in [3.8, 4) is 0 Å². The van der Waals surface area contributed by atoms with Crippen LogP contribution in [0.25, 0.3) is 0 Å². The Kier molecular flexibility index (Phi) is 6.96. The number of hydrogen-bond donors (Lipinski definition) is 1. The fourth-order valence-corrected chi connectivity index (χ4v) is 2.42. The molecule has 0 aliphatic rings. The number of carbonyl (C=O) groups is 2. The fourth-order valence-electron chi connectivity index (χ4n) is 2.42. The zero-order chi connectivity index (χ0) is 14.3. The van der Waals surface area contributed by atoms with E-state index >= 15 is 0 Å². The van der Waals surface area contributed by atoms with E-state index in [0.29, 0.717) is 25.3 Å². The van der Waals surface area contributed by atoms with Crippen LogP contribution in [0.15, 0.2) is 0 Å². The summed E-state index contributed by atoms with van der Waals surface area (Å²) >= 11 is 0. The van der Waals surface area contributed by atoms with Gasteiger partial charge in [0.15, 0.2) is 0 Å². The van der Waals surface area contributed by atoms with E-state index in [4.69, 9.17) is 0 Å². The topological polar surface area (TPSA) is 57.6 Å². The Hall–Kier alpha value is -1.06. The highest BCUT2D eigenvalue weighted by Gasteiger charge is 2.44. The summed E-state index contributed by atoms with van der Waals surface area (Å²) in [7, 11) is 0. The highest BCUT2D eigenvalue weighted by atomic mass is 16.4. The van der Waals surface area contributed by atoms with E-state index in [9.17, 15) is 14.7 Å². The fraction of sp³-hybridized carbons (Fsp3) is 0.857. The van der Waals surface area contributed by atoms with Crippen LogP contribution >= 0.6 is 0 Å². The summed E-state index contributed by atoms with van der Waals surface area (Å²) in [5.41, 5.74) is -1.04. The molecule has 0 aliphatic carbocycles. The number of amides is 1. The predicted molar refractivity (Wildman–Crippen MR) is 72.4 cm³/mol. The van der Waals surface area contributed by atoms with Crippen LogP contribution in [0.1, 0.15) is 60.3 Å². The summed E-state index contributed by atoms with van der Waals surface area (Å²) < 4.78 is 0. The predicted octanol–water partition coefficient (Wildman–Crippen LogP) is 2.91. The molecule has 0 heterocycles. The Labute approximate surface area is 110 Å². The summed E-state index contributed by atoms with van der Waals surface area (Å²) in [6.45, 7) is 9.86. The normalized spacial score (nSPS) is 15.8. The van der Waals surface area contributed by atoms with Gasteiger partial charge < -0.3 is 10.0 Å².